The predicted octanol–water partition coefficient (Wildman–Crippen LogP) is 3.05. The molecule has 0 aliphatic heterocycles. The normalized spacial score (nSPS) is 9.85. The lowest BCUT2D eigenvalue weighted by molar-refractivity contribution is 0.391. The number of hydrogen-bond acceptors (Lipinski definition) is 2. The van der Waals surface area contributed by atoms with Crippen molar-refractivity contribution in [2.75, 3.05) is 14.2 Å². The Morgan fingerprint density at radius 1 is 1.31 bits per heavy atom. The Kier molecular flexibility index (Phi) is 4.12. The van der Waals surface area contributed by atoms with Gasteiger partial charge >= 0.3 is 0 Å². The highest BCUT2D eigenvalue weighted by atomic mass is 127. The third kappa shape index (κ3) is 2.40. The fourth-order valence-electron chi connectivity index (χ4n) is 0.991. The molecule has 0 aliphatic rings. The SMILES string of the molecule is COc1cc(CCl)c(I)c(OC)c1. The molecule has 0 bridgehead atoms. The van der Waals surface area contributed by atoms with E-state index in [0.717, 1.165) is 20.6 Å². The maximum absolute atomic E-state index is 5.77. The van der Waals surface area contributed by atoms with E-state index in [4.69, 9.17) is 21.1 Å². The van der Waals surface area contributed by atoms with Gasteiger partial charge < -0.3 is 9.47 Å². The number of methoxy groups -OCH3 is 2. The summed E-state index contributed by atoms with van der Waals surface area (Å²) in [5.74, 6) is 2.04. The molecule has 0 radical (unpaired) electrons. The second-order valence-corrected chi connectivity index (χ2v) is 3.78. The molecule has 1 rings (SSSR count). The molecule has 4 heteroatoms. The highest BCUT2D eigenvalue weighted by Crippen LogP contribution is 2.30. The van der Waals surface area contributed by atoms with E-state index >= 15 is 0 Å². The first-order valence-corrected chi connectivity index (χ1v) is 5.30. The van der Waals surface area contributed by atoms with Crippen LogP contribution in [0.15, 0.2) is 12.1 Å². The first kappa shape index (κ1) is 10.9. The van der Waals surface area contributed by atoms with Gasteiger partial charge in [0.1, 0.15) is 11.5 Å². The summed E-state index contributed by atoms with van der Waals surface area (Å²) in [7, 11) is 3.26. The Balaban J connectivity index is 3.20. The van der Waals surface area contributed by atoms with E-state index in [0.29, 0.717) is 5.88 Å². The number of rotatable bonds is 3. The van der Waals surface area contributed by atoms with Crippen molar-refractivity contribution >= 4 is 34.2 Å². The molecule has 0 aliphatic carbocycles. The van der Waals surface area contributed by atoms with Crippen LogP contribution in [0.2, 0.25) is 0 Å². The smallest absolute Gasteiger partial charge is 0.136 e. The van der Waals surface area contributed by atoms with Crippen LogP contribution in [-0.2, 0) is 5.88 Å². The Morgan fingerprint density at radius 2 is 2.00 bits per heavy atom. The Morgan fingerprint density at radius 3 is 2.46 bits per heavy atom. The molecule has 0 heterocycles. The van der Waals surface area contributed by atoms with Gasteiger partial charge in [-0.15, -0.1) is 11.6 Å². The lowest BCUT2D eigenvalue weighted by Gasteiger charge is -2.09. The van der Waals surface area contributed by atoms with E-state index in [1.807, 2.05) is 12.1 Å². The zero-order valence-electron chi connectivity index (χ0n) is 7.43. The van der Waals surface area contributed by atoms with Crippen molar-refractivity contribution in [1.29, 1.82) is 0 Å². The van der Waals surface area contributed by atoms with Crippen LogP contribution in [0.25, 0.3) is 0 Å². The summed E-state index contributed by atoms with van der Waals surface area (Å²) >= 11 is 7.98. The van der Waals surface area contributed by atoms with E-state index < -0.39 is 0 Å². The van der Waals surface area contributed by atoms with E-state index in [2.05, 4.69) is 22.6 Å². The molecule has 0 N–H and O–H groups in total. The van der Waals surface area contributed by atoms with Crippen LogP contribution in [0.4, 0.5) is 0 Å². The predicted molar refractivity (Wildman–Crippen MR) is 61.8 cm³/mol. The summed E-state index contributed by atoms with van der Waals surface area (Å²) in [6.45, 7) is 0. The van der Waals surface area contributed by atoms with Crippen molar-refractivity contribution in [2.45, 2.75) is 5.88 Å². The Bertz CT molecular complexity index is 277. The summed E-state index contributed by atoms with van der Waals surface area (Å²) in [6, 6.07) is 3.76. The molecular weight excluding hydrogens is 302 g/mol. The molecule has 0 atom stereocenters. The summed E-state index contributed by atoms with van der Waals surface area (Å²) < 4.78 is 11.3. The maximum Gasteiger partial charge on any atom is 0.136 e. The Hall–Kier alpha value is -0.160. The van der Waals surface area contributed by atoms with Gasteiger partial charge in [-0.1, -0.05) is 0 Å². The molecule has 0 spiro atoms. The minimum Gasteiger partial charge on any atom is -0.497 e. The molecule has 0 fully saturated rings. The minimum atomic E-state index is 0.464. The molecule has 0 saturated carbocycles. The molecular formula is C9H10ClIO2. The second kappa shape index (κ2) is 4.91. The standard InChI is InChI=1S/C9H10ClIO2/c1-12-7-3-6(5-10)9(11)8(4-7)13-2/h3-4H,5H2,1-2H3. The average molecular weight is 313 g/mol. The first-order valence-electron chi connectivity index (χ1n) is 3.69. The van der Waals surface area contributed by atoms with E-state index in [9.17, 15) is 0 Å². The van der Waals surface area contributed by atoms with Crippen LogP contribution in [0.3, 0.4) is 0 Å². The lowest BCUT2D eigenvalue weighted by atomic mass is 10.2. The molecule has 1 aromatic carbocycles. The van der Waals surface area contributed by atoms with Crippen LogP contribution in [0.5, 0.6) is 11.5 Å². The van der Waals surface area contributed by atoms with Crippen molar-refractivity contribution in [3.8, 4) is 11.5 Å². The van der Waals surface area contributed by atoms with Crippen LogP contribution >= 0.6 is 34.2 Å². The van der Waals surface area contributed by atoms with Crippen molar-refractivity contribution in [3.63, 3.8) is 0 Å². The zero-order chi connectivity index (χ0) is 9.84. The number of benzene rings is 1. The van der Waals surface area contributed by atoms with Crippen molar-refractivity contribution in [1.82, 2.24) is 0 Å². The number of ether oxygens (including phenoxy) is 2. The molecule has 0 aromatic heterocycles. The van der Waals surface area contributed by atoms with Gasteiger partial charge in [0.2, 0.25) is 0 Å². The highest BCUT2D eigenvalue weighted by Gasteiger charge is 2.08. The molecule has 0 unspecified atom stereocenters. The molecule has 2 nitrogen and oxygen atoms in total. The van der Waals surface area contributed by atoms with Crippen molar-refractivity contribution in [2.24, 2.45) is 0 Å². The van der Waals surface area contributed by atoms with Gasteiger partial charge in [-0.2, -0.15) is 0 Å². The molecule has 72 valence electrons. The van der Waals surface area contributed by atoms with Gasteiger partial charge in [-0.25, -0.2) is 0 Å². The Labute approximate surface area is 96.3 Å². The van der Waals surface area contributed by atoms with E-state index in [1.165, 1.54) is 0 Å². The highest BCUT2D eigenvalue weighted by molar-refractivity contribution is 14.1. The first-order chi connectivity index (χ1) is 6.22. The number of hydrogen-bond donors (Lipinski definition) is 0. The van der Waals surface area contributed by atoms with Gasteiger partial charge in [0.05, 0.1) is 17.8 Å². The lowest BCUT2D eigenvalue weighted by Crippen LogP contribution is -1.94. The number of alkyl halides is 1. The summed E-state index contributed by atoms with van der Waals surface area (Å²) in [6.07, 6.45) is 0. The van der Waals surface area contributed by atoms with Crippen LogP contribution in [0, 0.1) is 3.57 Å². The quantitative estimate of drug-likeness (QED) is 0.631. The largest absolute Gasteiger partial charge is 0.497 e. The van der Waals surface area contributed by atoms with Crippen LogP contribution in [-0.4, -0.2) is 14.2 Å². The van der Waals surface area contributed by atoms with Crippen LogP contribution < -0.4 is 9.47 Å². The monoisotopic (exact) mass is 312 g/mol. The van der Waals surface area contributed by atoms with E-state index in [-0.39, 0.29) is 0 Å². The van der Waals surface area contributed by atoms with Gasteiger partial charge in [-0.3, -0.25) is 0 Å². The van der Waals surface area contributed by atoms with Gasteiger partial charge in [0, 0.05) is 11.9 Å². The zero-order valence-corrected chi connectivity index (χ0v) is 10.3. The van der Waals surface area contributed by atoms with Crippen molar-refractivity contribution < 1.29 is 9.47 Å². The minimum absolute atomic E-state index is 0.464. The molecule has 1 aromatic rings. The average Bonchev–Trinajstić information content (AvgIpc) is 2.18. The fraction of sp³-hybridized carbons (Fsp3) is 0.333. The third-order valence-electron chi connectivity index (χ3n) is 1.69. The van der Waals surface area contributed by atoms with Gasteiger partial charge in [0.25, 0.3) is 0 Å². The summed E-state index contributed by atoms with van der Waals surface area (Å²) in [5.41, 5.74) is 1.03. The second-order valence-electron chi connectivity index (χ2n) is 2.44. The fourth-order valence-corrected chi connectivity index (χ4v) is 2.15. The van der Waals surface area contributed by atoms with Crippen LogP contribution in [0.1, 0.15) is 5.56 Å². The summed E-state index contributed by atoms with van der Waals surface area (Å²) in [4.78, 5) is 0. The summed E-state index contributed by atoms with van der Waals surface area (Å²) in [5, 5.41) is 0. The van der Waals surface area contributed by atoms with Gasteiger partial charge in [-0.05, 0) is 34.2 Å². The number of halogens is 2. The van der Waals surface area contributed by atoms with Gasteiger partial charge in [0.15, 0.2) is 0 Å². The van der Waals surface area contributed by atoms with Crippen molar-refractivity contribution in [3.05, 3.63) is 21.3 Å². The molecule has 0 amide bonds. The maximum atomic E-state index is 5.77. The third-order valence-corrected chi connectivity index (χ3v) is 3.20. The molecule has 13 heavy (non-hydrogen) atoms. The molecule has 0 saturated heterocycles. The van der Waals surface area contributed by atoms with E-state index in [1.54, 1.807) is 14.2 Å². The topological polar surface area (TPSA) is 18.5 Å².